The number of rotatable bonds is 3. The second-order valence-corrected chi connectivity index (χ2v) is 3.83. The van der Waals surface area contributed by atoms with Crippen molar-refractivity contribution in [1.82, 2.24) is 15.0 Å². The van der Waals surface area contributed by atoms with Gasteiger partial charge in [-0.05, 0) is 11.4 Å². The lowest BCUT2D eigenvalue weighted by Gasteiger charge is -2.00. The summed E-state index contributed by atoms with van der Waals surface area (Å²) in [6.07, 6.45) is 0. The van der Waals surface area contributed by atoms with Crippen molar-refractivity contribution >= 4 is 11.3 Å². The quantitative estimate of drug-likeness (QED) is 0.834. The Morgan fingerprint density at radius 1 is 1.60 bits per heavy atom. The molecule has 2 N–H and O–H groups in total. The van der Waals surface area contributed by atoms with Crippen LogP contribution in [-0.2, 0) is 13.1 Å². The molecule has 0 aliphatic carbocycles. The zero-order valence-corrected chi connectivity index (χ0v) is 8.74. The Morgan fingerprint density at radius 3 is 3.07 bits per heavy atom. The van der Waals surface area contributed by atoms with Crippen molar-refractivity contribution in [2.24, 2.45) is 5.73 Å². The second kappa shape index (κ2) is 4.21. The molecule has 0 aliphatic heterocycles. The van der Waals surface area contributed by atoms with Gasteiger partial charge in [0.1, 0.15) is 17.9 Å². The van der Waals surface area contributed by atoms with Gasteiger partial charge in [0.15, 0.2) is 0 Å². The van der Waals surface area contributed by atoms with Crippen LogP contribution in [0, 0.1) is 11.3 Å². The lowest BCUT2D eigenvalue weighted by atomic mass is 10.2. The van der Waals surface area contributed by atoms with E-state index in [2.05, 4.69) is 10.3 Å². The van der Waals surface area contributed by atoms with E-state index in [4.69, 9.17) is 11.0 Å². The number of nitrogens with zero attached hydrogens (tertiary/aromatic N) is 4. The fourth-order valence-corrected chi connectivity index (χ4v) is 2.14. The van der Waals surface area contributed by atoms with Gasteiger partial charge in [-0.15, -0.1) is 16.4 Å². The van der Waals surface area contributed by atoms with E-state index in [1.54, 1.807) is 16.0 Å². The Bertz CT molecular complexity index is 479. The second-order valence-electron chi connectivity index (χ2n) is 2.88. The summed E-state index contributed by atoms with van der Waals surface area (Å²) in [7, 11) is 0. The molecule has 2 aromatic heterocycles. The van der Waals surface area contributed by atoms with Crippen LogP contribution in [0.3, 0.4) is 0 Å². The minimum Gasteiger partial charge on any atom is -0.325 e. The van der Waals surface area contributed by atoms with Gasteiger partial charge in [0.05, 0.1) is 10.9 Å². The molecule has 2 aromatic rings. The molecule has 0 fully saturated rings. The van der Waals surface area contributed by atoms with Crippen LogP contribution in [0.1, 0.15) is 5.69 Å². The number of aromatic nitrogens is 3. The van der Waals surface area contributed by atoms with Crippen molar-refractivity contribution in [2.75, 3.05) is 0 Å². The zero-order valence-electron chi connectivity index (χ0n) is 7.92. The Labute approximate surface area is 90.8 Å². The van der Waals surface area contributed by atoms with Gasteiger partial charge in [-0.2, -0.15) is 5.26 Å². The SMILES string of the molecule is N#CCn1nnc(CN)c1-c1cccs1. The molecule has 15 heavy (non-hydrogen) atoms. The van der Waals surface area contributed by atoms with Gasteiger partial charge in [0, 0.05) is 6.54 Å². The maximum Gasteiger partial charge on any atom is 0.130 e. The Morgan fingerprint density at radius 2 is 2.47 bits per heavy atom. The molecule has 0 aliphatic rings. The summed E-state index contributed by atoms with van der Waals surface area (Å²) in [4.78, 5) is 1.04. The molecular weight excluding hydrogens is 210 g/mol. The van der Waals surface area contributed by atoms with Gasteiger partial charge in [-0.3, -0.25) is 0 Å². The minimum atomic E-state index is 0.195. The molecule has 0 spiro atoms. The predicted octanol–water partition coefficient (Wildman–Crippen LogP) is 0.989. The molecule has 0 amide bonds. The highest BCUT2D eigenvalue weighted by atomic mass is 32.1. The highest BCUT2D eigenvalue weighted by molar-refractivity contribution is 7.13. The van der Waals surface area contributed by atoms with Crippen LogP contribution in [0.4, 0.5) is 0 Å². The summed E-state index contributed by atoms with van der Waals surface area (Å²) in [5, 5.41) is 18.5. The highest BCUT2D eigenvalue weighted by Crippen LogP contribution is 2.26. The monoisotopic (exact) mass is 219 g/mol. The number of hydrogen-bond donors (Lipinski definition) is 1. The molecule has 0 aromatic carbocycles. The minimum absolute atomic E-state index is 0.195. The first-order valence-corrected chi connectivity index (χ1v) is 5.28. The molecule has 0 saturated heterocycles. The van der Waals surface area contributed by atoms with Gasteiger partial charge >= 0.3 is 0 Å². The third kappa shape index (κ3) is 1.75. The van der Waals surface area contributed by atoms with Gasteiger partial charge < -0.3 is 5.73 Å². The Kier molecular flexibility index (Phi) is 2.76. The van der Waals surface area contributed by atoms with Crippen LogP contribution in [0.15, 0.2) is 17.5 Å². The van der Waals surface area contributed by atoms with E-state index in [1.165, 1.54) is 0 Å². The third-order valence-electron chi connectivity index (χ3n) is 1.97. The number of thiophene rings is 1. The molecule has 0 bridgehead atoms. The molecule has 6 heteroatoms. The maximum absolute atomic E-state index is 8.66. The van der Waals surface area contributed by atoms with E-state index in [-0.39, 0.29) is 6.54 Å². The summed E-state index contributed by atoms with van der Waals surface area (Å²) in [5.74, 6) is 0. The van der Waals surface area contributed by atoms with E-state index in [0.717, 1.165) is 16.3 Å². The summed E-state index contributed by atoms with van der Waals surface area (Å²) in [5.41, 5.74) is 7.16. The van der Waals surface area contributed by atoms with E-state index < -0.39 is 0 Å². The Hall–Kier alpha value is -1.71. The van der Waals surface area contributed by atoms with Crippen molar-refractivity contribution in [3.63, 3.8) is 0 Å². The van der Waals surface area contributed by atoms with E-state index in [9.17, 15) is 0 Å². The standard InChI is InChI=1S/C9H9N5S/c10-3-4-14-9(7(6-11)12-13-14)8-2-1-5-15-8/h1-2,5H,4,6,11H2. The van der Waals surface area contributed by atoms with Crippen LogP contribution in [-0.4, -0.2) is 15.0 Å². The normalized spacial score (nSPS) is 10.1. The molecule has 0 atom stereocenters. The van der Waals surface area contributed by atoms with Crippen molar-refractivity contribution in [3.05, 3.63) is 23.2 Å². The molecule has 5 nitrogen and oxygen atoms in total. The maximum atomic E-state index is 8.66. The molecule has 0 unspecified atom stereocenters. The first kappa shape index (κ1) is 9.83. The van der Waals surface area contributed by atoms with Crippen molar-refractivity contribution < 1.29 is 0 Å². The smallest absolute Gasteiger partial charge is 0.130 e. The summed E-state index contributed by atoms with van der Waals surface area (Å²) >= 11 is 1.58. The average Bonchev–Trinajstić information content (AvgIpc) is 2.85. The Balaban J connectivity index is 2.52. The number of nitriles is 1. The fraction of sp³-hybridized carbons (Fsp3) is 0.222. The van der Waals surface area contributed by atoms with E-state index in [1.807, 2.05) is 23.6 Å². The average molecular weight is 219 g/mol. The van der Waals surface area contributed by atoms with Gasteiger partial charge in [0.25, 0.3) is 0 Å². The molecule has 76 valence electrons. The highest BCUT2D eigenvalue weighted by Gasteiger charge is 2.13. The predicted molar refractivity (Wildman–Crippen MR) is 56.8 cm³/mol. The summed E-state index contributed by atoms with van der Waals surface area (Å²) < 4.78 is 1.58. The molecule has 2 heterocycles. The number of nitrogens with two attached hydrogens (primary N) is 1. The summed E-state index contributed by atoms with van der Waals surface area (Å²) in [6, 6.07) is 5.97. The third-order valence-corrected chi connectivity index (χ3v) is 2.85. The largest absolute Gasteiger partial charge is 0.325 e. The summed E-state index contributed by atoms with van der Waals surface area (Å²) in [6.45, 7) is 0.527. The molecular formula is C9H9N5S. The van der Waals surface area contributed by atoms with Crippen molar-refractivity contribution in [2.45, 2.75) is 13.1 Å². The first-order chi connectivity index (χ1) is 7.36. The molecule has 0 radical (unpaired) electrons. The number of hydrogen-bond acceptors (Lipinski definition) is 5. The van der Waals surface area contributed by atoms with Crippen LogP contribution >= 0.6 is 11.3 Å². The fourth-order valence-electron chi connectivity index (χ4n) is 1.35. The van der Waals surface area contributed by atoms with Crippen LogP contribution < -0.4 is 5.73 Å². The van der Waals surface area contributed by atoms with E-state index in [0.29, 0.717) is 6.54 Å². The lowest BCUT2D eigenvalue weighted by molar-refractivity contribution is 0.674. The van der Waals surface area contributed by atoms with Crippen LogP contribution in [0.25, 0.3) is 10.6 Å². The lowest BCUT2D eigenvalue weighted by Crippen LogP contribution is -2.02. The van der Waals surface area contributed by atoms with Crippen LogP contribution in [0.5, 0.6) is 0 Å². The van der Waals surface area contributed by atoms with Gasteiger partial charge in [-0.1, -0.05) is 11.3 Å². The zero-order chi connectivity index (χ0) is 10.7. The van der Waals surface area contributed by atoms with Gasteiger partial charge in [0.2, 0.25) is 0 Å². The van der Waals surface area contributed by atoms with Crippen molar-refractivity contribution in [1.29, 1.82) is 5.26 Å². The topological polar surface area (TPSA) is 80.5 Å². The van der Waals surface area contributed by atoms with E-state index >= 15 is 0 Å². The molecule has 0 saturated carbocycles. The molecule has 2 rings (SSSR count). The first-order valence-electron chi connectivity index (χ1n) is 4.40. The van der Waals surface area contributed by atoms with Crippen molar-refractivity contribution in [3.8, 4) is 16.6 Å². The van der Waals surface area contributed by atoms with Gasteiger partial charge in [-0.25, -0.2) is 4.68 Å². The van der Waals surface area contributed by atoms with Crippen LogP contribution in [0.2, 0.25) is 0 Å².